The van der Waals surface area contributed by atoms with Crippen LogP contribution < -0.4 is 10.6 Å². The summed E-state index contributed by atoms with van der Waals surface area (Å²) in [5.74, 6) is 0. The van der Waals surface area contributed by atoms with E-state index in [2.05, 4.69) is 10.6 Å². The van der Waals surface area contributed by atoms with Gasteiger partial charge in [0.25, 0.3) is 0 Å². The number of alkyl halides is 3. The lowest BCUT2D eigenvalue weighted by Gasteiger charge is -2.20. The first kappa shape index (κ1) is 17.1. The van der Waals surface area contributed by atoms with Crippen molar-refractivity contribution in [3.63, 3.8) is 0 Å². The fourth-order valence-electron chi connectivity index (χ4n) is 1.56. The Morgan fingerprint density at radius 3 is 2.33 bits per heavy atom. The molecule has 0 heterocycles. The number of benzene rings is 1. The van der Waals surface area contributed by atoms with Crippen LogP contribution in [0.15, 0.2) is 24.3 Å². The number of halogens is 3. The summed E-state index contributed by atoms with van der Waals surface area (Å²) in [6.07, 6.45) is -5.02. The summed E-state index contributed by atoms with van der Waals surface area (Å²) in [6.45, 7) is 5.49. The highest BCUT2D eigenvalue weighted by atomic mass is 19.4. The maximum absolute atomic E-state index is 12.7. The summed E-state index contributed by atoms with van der Waals surface area (Å²) in [5, 5.41) is 5.11. The Hall–Kier alpha value is -1.92. The van der Waals surface area contributed by atoms with Crippen molar-refractivity contribution in [2.45, 2.75) is 32.5 Å². The van der Waals surface area contributed by atoms with Crippen LogP contribution in [0.2, 0.25) is 0 Å². The SMILES string of the molecule is CC(C)(C)OC(=O)NCCNc1ccccc1C(F)(F)F. The zero-order chi connectivity index (χ0) is 16.1. The molecule has 4 nitrogen and oxygen atoms in total. The molecule has 0 saturated carbocycles. The van der Waals surface area contributed by atoms with Crippen LogP contribution >= 0.6 is 0 Å². The Balaban J connectivity index is 2.46. The monoisotopic (exact) mass is 304 g/mol. The average molecular weight is 304 g/mol. The number of nitrogens with one attached hydrogen (secondary N) is 2. The van der Waals surface area contributed by atoms with Crippen LogP contribution in [0.4, 0.5) is 23.7 Å². The third kappa shape index (κ3) is 6.37. The van der Waals surface area contributed by atoms with Crippen LogP contribution in [0.1, 0.15) is 26.3 Å². The minimum Gasteiger partial charge on any atom is -0.444 e. The van der Waals surface area contributed by atoms with E-state index in [1.165, 1.54) is 18.2 Å². The van der Waals surface area contributed by atoms with Crippen molar-refractivity contribution in [3.05, 3.63) is 29.8 Å². The number of carbonyl (C=O) groups is 1. The Bertz CT molecular complexity index is 482. The van der Waals surface area contributed by atoms with Crippen molar-refractivity contribution < 1.29 is 22.7 Å². The molecule has 0 unspecified atom stereocenters. The number of para-hydroxylation sites is 1. The van der Waals surface area contributed by atoms with Gasteiger partial charge in [-0.05, 0) is 32.9 Å². The van der Waals surface area contributed by atoms with E-state index in [0.29, 0.717) is 0 Å². The minimum atomic E-state index is -4.41. The standard InChI is InChI=1S/C14H19F3N2O2/c1-13(2,3)21-12(20)19-9-8-18-11-7-5-4-6-10(11)14(15,16)17/h4-7,18H,8-9H2,1-3H3,(H,19,20). The Morgan fingerprint density at radius 1 is 1.14 bits per heavy atom. The van der Waals surface area contributed by atoms with Crippen LogP contribution in [0, 0.1) is 0 Å². The summed E-state index contributed by atoms with van der Waals surface area (Å²) >= 11 is 0. The van der Waals surface area contributed by atoms with Gasteiger partial charge >= 0.3 is 12.3 Å². The molecular weight excluding hydrogens is 285 g/mol. The van der Waals surface area contributed by atoms with Crippen molar-refractivity contribution in [2.75, 3.05) is 18.4 Å². The fraction of sp³-hybridized carbons (Fsp3) is 0.500. The lowest BCUT2D eigenvalue weighted by atomic mass is 10.1. The summed E-state index contributed by atoms with van der Waals surface area (Å²) < 4.78 is 43.2. The van der Waals surface area contributed by atoms with E-state index in [-0.39, 0.29) is 18.8 Å². The van der Waals surface area contributed by atoms with Gasteiger partial charge in [0.15, 0.2) is 0 Å². The summed E-state index contributed by atoms with van der Waals surface area (Å²) in [4.78, 5) is 11.4. The first-order chi connectivity index (χ1) is 9.59. The van der Waals surface area contributed by atoms with E-state index in [4.69, 9.17) is 4.74 Å². The number of rotatable bonds is 4. The number of carbonyl (C=O) groups excluding carboxylic acids is 1. The maximum atomic E-state index is 12.7. The largest absolute Gasteiger partial charge is 0.444 e. The van der Waals surface area contributed by atoms with Crippen molar-refractivity contribution in [3.8, 4) is 0 Å². The van der Waals surface area contributed by atoms with Crippen LogP contribution in [0.25, 0.3) is 0 Å². The summed E-state index contributed by atoms with van der Waals surface area (Å²) in [6, 6.07) is 5.19. The first-order valence-electron chi connectivity index (χ1n) is 6.46. The van der Waals surface area contributed by atoms with Crippen LogP contribution in [0.3, 0.4) is 0 Å². The number of anilines is 1. The average Bonchev–Trinajstić information content (AvgIpc) is 2.32. The topological polar surface area (TPSA) is 50.4 Å². The quantitative estimate of drug-likeness (QED) is 0.835. The molecule has 0 saturated heterocycles. The Kier molecular flexibility index (Phi) is 5.46. The van der Waals surface area contributed by atoms with Gasteiger partial charge < -0.3 is 15.4 Å². The molecule has 0 aliphatic rings. The molecule has 0 aliphatic carbocycles. The highest BCUT2D eigenvalue weighted by Crippen LogP contribution is 2.34. The molecule has 0 radical (unpaired) electrons. The molecule has 1 amide bonds. The van der Waals surface area contributed by atoms with Gasteiger partial charge in [0, 0.05) is 18.8 Å². The summed E-state index contributed by atoms with van der Waals surface area (Å²) in [7, 11) is 0. The fourth-order valence-corrected chi connectivity index (χ4v) is 1.56. The van der Waals surface area contributed by atoms with Crippen LogP contribution in [-0.4, -0.2) is 24.8 Å². The van der Waals surface area contributed by atoms with E-state index in [9.17, 15) is 18.0 Å². The number of ether oxygens (including phenoxy) is 1. The number of alkyl carbamates (subject to hydrolysis) is 1. The molecule has 0 aliphatic heterocycles. The van der Waals surface area contributed by atoms with Gasteiger partial charge in [0.2, 0.25) is 0 Å². The van der Waals surface area contributed by atoms with Gasteiger partial charge in [-0.15, -0.1) is 0 Å². The van der Waals surface area contributed by atoms with E-state index in [0.717, 1.165) is 6.07 Å². The second-order valence-electron chi connectivity index (χ2n) is 5.40. The Labute approximate surface area is 121 Å². The van der Waals surface area contributed by atoms with Crippen molar-refractivity contribution in [1.82, 2.24) is 5.32 Å². The van der Waals surface area contributed by atoms with Gasteiger partial charge in [-0.25, -0.2) is 4.79 Å². The minimum absolute atomic E-state index is 0.0176. The molecule has 7 heteroatoms. The second-order valence-corrected chi connectivity index (χ2v) is 5.40. The Morgan fingerprint density at radius 2 is 1.76 bits per heavy atom. The molecule has 0 aromatic heterocycles. The molecule has 21 heavy (non-hydrogen) atoms. The van der Waals surface area contributed by atoms with E-state index >= 15 is 0 Å². The van der Waals surface area contributed by atoms with Crippen molar-refractivity contribution in [2.24, 2.45) is 0 Å². The molecule has 1 aromatic rings. The predicted octanol–water partition coefficient (Wildman–Crippen LogP) is 3.64. The molecule has 0 fully saturated rings. The number of amides is 1. The van der Waals surface area contributed by atoms with Gasteiger partial charge in [-0.3, -0.25) is 0 Å². The molecule has 2 N–H and O–H groups in total. The van der Waals surface area contributed by atoms with E-state index in [1.54, 1.807) is 20.8 Å². The van der Waals surface area contributed by atoms with Gasteiger partial charge in [0.05, 0.1) is 5.56 Å². The molecule has 118 valence electrons. The lowest BCUT2D eigenvalue weighted by molar-refractivity contribution is -0.136. The lowest BCUT2D eigenvalue weighted by Crippen LogP contribution is -2.35. The third-order valence-electron chi connectivity index (χ3n) is 2.34. The van der Waals surface area contributed by atoms with Gasteiger partial charge in [0.1, 0.15) is 5.60 Å². The zero-order valence-corrected chi connectivity index (χ0v) is 12.2. The highest BCUT2D eigenvalue weighted by Gasteiger charge is 2.32. The zero-order valence-electron chi connectivity index (χ0n) is 12.2. The van der Waals surface area contributed by atoms with Gasteiger partial charge in [-0.1, -0.05) is 12.1 Å². The molecule has 0 atom stereocenters. The first-order valence-corrected chi connectivity index (χ1v) is 6.46. The normalized spacial score (nSPS) is 11.9. The van der Waals surface area contributed by atoms with E-state index < -0.39 is 23.4 Å². The predicted molar refractivity (Wildman–Crippen MR) is 74.2 cm³/mol. The van der Waals surface area contributed by atoms with Crippen molar-refractivity contribution >= 4 is 11.8 Å². The molecule has 0 bridgehead atoms. The van der Waals surface area contributed by atoms with Gasteiger partial charge in [-0.2, -0.15) is 13.2 Å². The second kappa shape index (κ2) is 6.69. The van der Waals surface area contributed by atoms with Crippen LogP contribution in [-0.2, 0) is 10.9 Å². The smallest absolute Gasteiger partial charge is 0.418 e. The number of hydrogen-bond acceptors (Lipinski definition) is 3. The number of hydrogen-bond donors (Lipinski definition) is 2. The molecule has 1 aromatic carbocycles. The third-order valence-corrected chi connectivity index (χ3v) is 2.34. The summed E-state index contributed by atoms with van der Waals surface area (Å²) in [5.41, 5.74) is -1.36. The van der Waals surface area contributed by atoms with E-state index in [1.807, 2.05) is 0 Å². The molecule has 0 spiro atoms. The molecular formula is C14H19F3N2O2. The maximum Gasteiger partial charge on any atom is 0.418 e. The van der Waals surface area contributed by atoms with Crippen molar-refractivity contribution in [1.29, 1.82) is 0 Å². The highest BCUT2D eigenvalue weighted by molar-refractivity contribution is 5.67. The van der Waals surface area contributed by atoms with Crippen LogP contribution in [0.5, 0.6) is 0 Å². The molecule has 1 rings (SSSR count).